The number of allylic oxidation sites excluding steroid dienone is 4. The highest BCUT2D eigenvalue weighted by molar-refractivity contribution is 9.10. The number of aromatic nitrogens is 2. The van der Waals surface area contributed by atoms with Crippen LogP contribution < -0.4 is 10.3 Å². The highest BCUT2D eigenvalue weighted by atomic mass is 79.9. The first-order valence-electron chi connectivity index (χ1n) is 9.02. The van der Waals surface area contributed by atoms with Gasteiger partial charge >= 0.3 is 6.18 Å². The number of Topliss-reactive ketones (excluding diaryl/α,β-unsaturated/α-hetero) is 1. The van der Waals surface area contributed by atoms with Crippen LogP contribution in [0, 0.1) is 16.7 Å². The van der Waals surface area contributed by atoms with Crippen LogP contribution in [0.4, 0.5) is 13.2 Å². The first kappa shape index (κ1) is 23.8. The zero-order valence-corrected chi connectivity index (χ0v) is 18.8. The zero-order chi connectivity index (χ0) is 23.7. The quantitative estimate of drug-likeness (QED) is 0.577. The number of hydrogen-bond donors (Lipinski definition) is 0. The molecule has 1 aromatic heterocycles. The average molecular weight is 529 g/mol. The van der Waals surface area contributed by atoms with Gasteiger partial charge in [0.2, 0.25) is 0 Å². The van der Waals surface area contributed by atoms with Crippen molar-refractivity contribution in [2.24, 2.45) is 5.41 Å². The molecule has 0 bridgehead atoms. The van der Waals surface area contributed by atoms with Crippen LogP contribution >= 0.6 is 27.5 Å². The van der Waals surface area contributed by atoms with Crippen LogP contribution in [-0.2, 0) is 17.8 Å². The zero-order valence-electron chi connectivity index (χ0n) is 16.4. The molecule has 1 aliphatic carbocycles. The molecular weight excluding hydrogens is 515 g/mol. The van der Waals surface area contributed by atoms with E-state index in [1.54, 1.807) is 30.3 Å². The molecule has 0 aliphatic heterocycles. The van der Waals surface area contributed by atoms with Crippen LogP contribution in [-0.4, -0.2) is 28.8 Å². The highest BCUT2D eigenvalue weighted by Gasteiger charge is 2.47. The van der Waals surface area contributed by atoms with E-state index < -0.39 is 33.5 Å². The van der Waals surface area contributed by atoms with E-state index in [-0.39, 0.29) is 23.1 Å². The maximum Gasteiger partial charge on any atom is 0.417 e. The number of rotatable bonds is 5. The summed E-state index contributed by atoms with van der Waals surface area (Å²) in [5.74, 6) is -0.548. The van der Waals surface area contributed by atoms with Gasteiger partial charge < -0.3 is 4.74 Å². The first-order chi connectivity index (χ1) is 15.0. The Morgan fingerprint density at radius 2 is 1.94 bits per heavy atom. The van der Waals surface area contributed by atoms with Crippen LogP contribution in [0.2, 0.25) is 0 Å². The molecule has 11 heteroatoms. The van der Waals surface area contributed by atoms with E-state index in [1.165, 1.54) is 13.2 Å². The third-order valence-corrected chi connectivity index (χ3v) is 5.76. The van der Waals surface area contributed by atoms with Crippen molar-refractivity contribution in [2.75, 3.05) is 7.11 Å². The van der Waals surface area contributed by atoms with Crippen molar-refractivity contribution in [3.05, 3.63) is 79.2 Å². The molecule has 1 aliphatic rings. The lowest BCUT2D eigenvalue weighted by Crippen LogP contribution is -2.36. The van der Waals surface area contributed by atoms with Gasteiger partial charge in [-0.25, -0.2) is 4.68 Å². The minimum absolute atomic E-state index is 0.0808. The molecule has 6 nitrogen and oxygen atoms in total. The Kier molecular flexibility index (Phi) is 6.62. The normalized spacial score (nSPS) is 18.6. The van der Waals surface area contributed by atoms with Gasteiger partial charge in [-0.15, -0.1) is 0 Å². The van der Waals surface area contributed by atoms with E-state index in [4.69, 9.17) is 16.3 Å². The fraction of sp³-hybridized carbons (Fsp3) is 0.238. The van der Waals surface area contributed by atoms with Gasteiger partial charge in [0.1, 0.15) is 11.2 Å². The summed E-state index contributed by atoms with van der Waals surface area (Å²) in [6.45, 7) is 0.0808. The summed E-state index contributed by atoms with van der Waals surface area (Å²) in [6.07, 6.45) is -3.71. The average Bonchev–Trinajstić information content (AvgIpc) is 2.74. The van der Waals surface area contributed by atoms with Gasteiger partial charge in [0.15, 0.2) is 5.78 Å². The van der Waals surface area contributed by atoms with Gasteiger partial charge in [0.25, 0.3) is 5.56 Å². The maximum absolute atomic E-state index is 13.1. The van der Waals surface area contributed by atoms with Gasteiger partial charge in [0, 0.05) is 6.42 Å². The second kappa shape index (κ2) is 8.92. The number of benzene rings is 1. The molecule has 166 valence electrons. The van der Waals surface area contributed by atoms with Crippen LogP contribution in [0.1, 0.15) is 11.3 Å². The monoisotopic (exact) mass is 527 g/mol. The molecule has 1 heterocycles. The lowest BCUT2D eigenvalue weighted by Gasteiger charge is -2.26. The van der Waals surface area contributed by atoms with E-state index in [1.807, 2.05) is 0 Å². The van der Waals surface area contributed by atoms with Crippen molar-refractivity contribution >= 4 is 33.3 Å². The van der Waals surface area contributed by atoms with Crippen LogP contribution in [0.5, 0.6) is 5.75 Å². The summed E-state index contributed by atoms with van der Waals surface area (Å²) in [4.78, 5) is 25.1. The van der Waals surface area contributed by atoms with E-state index in [0.717, 1.165) is 16.3 Å². The number of hydrogen-bond acceptors (Lipinski definition) is 5. The molecule has 0 radical (unpaired) electrons. The number of ether oxygens (including phenoxy) is 1. The van der Waals surface area contributed by atoms with Crippen LogP contribution in [0.3, 0.4) is 0 Å². The van der Waals surface area contributed by atoms with E-state index in [0.29, 0.717) is 11.8 Å². The van der Waals surface area contributed by atoms with E-state index in [9.17, 15) is 28.0 Å². The van der Waals surface area contributed by atoms with Gasteiger partial charge in [-0.2, -0.15) is 23.5 Å². The third-order valence-electron chi connectivity index (χ3n) is 4.81. The minimum Gasteiger partial charge on any atom is -0.497 e. The number of methoxy groups -OCH3 is 1. The molecular formula is C21H14BrClF3N3O3. The molecule has 1 unspecified atom stereocenters. The number of ketones is 1. The van der Waals surface area contributed by atoms with E-state index in [2.05, 4.69) is 21.0 Å². The van der Waals surface area contributed by atoms with Crippen LogP contribution in [0.25, 0.3) is 0 Å². The van der Waals surface area contributed by atoms with Crippen molar-refractivity contribution in [1.82, 2.24) is 9.78 Å². The number of nitrogens with zero attached hydrogens (tertiary/aromatic N) is 3. The van der Waals surface area contributed by atoms with Crippen molar-refractivity contribution in [2.45, 2.75) is 19.1 Å². The topological polar surface area (TPSA) is 85.0 Å². The molecule has 0 fully saturated rings. The van der Waals surface area contributed by atoms with Crippen molar-refractivity contribution in [1.29, 1.82) is 5.26 Å². The number of carbonyl (C=O) groups excluding carboxylic acids is 1. The van der Waals surface area contributed by atoms with Gasteiger partial charge in [-0.3, -0.25) is 9.59 Å². The van der Waals surface area contributed by atoms with Crippen molar-refractivity contribution in [3.63, 3.8) is 0 Å². The Hall–Kier alpha value is -2.90. The number of halogens is 5. The maximum atomic E-state index is 13.1. The van der Waals surface area contributed by atoms with Gasteiger partial charge in [-0.1, -0.05) is 35.9 Å². The second-order valence-corrected chi connectivity index (χ2v) is 8.17. The Balaban J connectivity index is 1.96. The lowest BCUT2D eigenvalue weighted by atomic mass is 9.76. The molecule has 0 spiro atoms. The third kappa shape index (κ3) is 4.64. The molecule has 0 N–H and O–H groups in total. The Bertz CT molecular complexity index is 1230. The standard InChI is InChI=1S/C21H14BrClF3N3O3/c1-32-14-4-2-12(3-5-14)10-29-19(31)16(22)8-13(28-29)9-20(11-27)7-6-15(21(24,25)26)17(23)18(20)30/h2-8H,9-10H2,1H3. The van der Waals surface area contributed by atoms with E-state index >= 15 is 0 Å². The van der Waals surface area contributed by atoms with Crippen LogP contribution in [0.15, 0.2) is 62.4 Å². The number of nitriles is 1. The largest absolute Gasteiger partial charge is 0.497 e. The molecule has 0 saturated heterocycles. The molecule has 3 rings (SSSR count). The summed E-state index contributed by atoms with van der Waals surface area (Å²) in [5.41, 5.74) is -2.88. The molecule has 0 amide bonds. The molecule has 2 aromatic rings. The Labute approximate surface area is 193 Å². The fourth-order valence-electron chi connectivity index (χ4n) is 3.12. The molecule has 1 atom stereocenters. The Morgan fingerprint density at radius 3 is 2.50 bits per heavy atom. The second-order valence-electron chi connectivity index (χ2n) is 6.94. The predicted octanol–water partition coefficient (Wildman–Crippen LogP) is 4.31. The Morgan fingerprint density at radius 1 is 1.28 bits per heavy atom. The SMILES string of the molecule is COc1ccc(Cn2nc(CC3(C#N)C=CC(C(F)(F)F)=C(Cl)C3=O)cc(Br)c2=O)cc1. The summed E-state index contributed by atoms with van der Waals surface area (Å²) < 4.78 is 45.5. The van der Waals surface area contributed by atoms with Gasteiger partial charge in [0.05, 0.1) is 40.5 Å². The summed E-state index contributed by atoms with van der Waals surface area (Å²) in [5, 5.41) is 12.8. The minimum atomic E-state index is -4.84. The fourth-order valence-corrected chi connectivity index (χ4v) is 3.93. The molecule has 0 saturated carbocycles. The first-order valence-corrected chi connectivity index (χ1v) is 10.2. The number of carbonyl (C=O) groups is 1. The van der Waals surface area contributed by atoms with Gasteiger partial charge in [-0.05, 0) is 39.7 Å². The highest BCUT2D eigenvalue weighted by Crippen LogP contribution is 2.41. The predicted molar refractivity (Wildman–Crippen MR) is 113 cm³/mol. The summed E-state index contributed by atoms with van der Waals surface area (Å²) >= 11 is 8.82. The van der Waals surface area contributed by atoms with Crippen molar-refractivity contribution < 1.29 is 22.7 Å². The van der Waals surface area contributed by atoms with Crippen molar-refractivity contribution in [3.8, 4) is 11.8 Å². The smallest absolute Gasteiger partial charge is 0.417 e. The summed E-state index contributed by atoms with van der Waals surface area (Å²) in [6, 6.07) is 9.97. The summed E-state index contributed by atoms with van der Waals surface area (Å²) in [7, 11) is 1.52. The molecule has 1 aromatic carbocycles. The molecule has 32 heavy (non-hydrogen) atoms. The lowest BCUT2D eigenvalue weighted by molar-refractivity contribution is -0.121. The number of alkyl halides is 3.